The zero-order chi connectivity index (χ0) is 17.2. The predicted octanol–water partition coefficient (Wildman–Crippen LogP) is 2.57. The van der Waals surface area contributed by atoms with E-state index < -0.39 is 5.54 Å². The Kier molecular flexibility index (Phi) is 4.57. The van der Waals surface area contributed by atoms with Crippen LogP contribution in [0.4, 0.5) is 0 Å². The lowest BCUT2D eigenvalue weighted by Gasteiger charge is -2.44. The fourth-order valence-corrected chi connectivity index (χ4v) is 4.08. The van der Waals surface area contributed by atoms with Gasteiger partial charge >= 0.3 is 0 Å². The highest BCUT2D eigenvalue weighted by molar-refractivity contribution is 6.00. The first-order valence-electron chi connectivity index (χ1n) is 8.74. The summed E-state index contributed by atoms with van der Waals surface area (Å²) < 4.78 is 0. The molecule has 2 saturated heterocycles. The smallest absolute Gasteiger partial charge is 0.254 e. The highest BCUT2D eigenvalue weighted by Crippen LogP contribution is 2.39. The Bertz CT molecular complexity index is 692. The van der Waals surface area contributed by atoms with Crippen LogP contribution in [0.5, 0.6) is 0 Å². The minimum absolute atomic E-state index is 0.109. The Morgan fingerprint density at radius 3 is 2.75 bits per heavy atom. The van der Waals surface area contributed by atoms with Crippen molar-refractivity contribution in [1.82, 2.24) is 9.80 Å². The highest BCUT2D eigenvalue weighted by Gasteiger charge is 2.52. The van der Waals surface area contributed by atoms with Gasteiger partial charge in [-0.2, -0.15) is 5.26 Å². The lowest BCUT2D eigenvalue weighted by atomic mass is 9.85. The van der Waals surface area contributed by atoms with Crippen molar-refractivity contribution in [3.8, 4) is 6.07 Å². The van der Waals surface area contributed by atoms with Crippen LogP contribution in [0.25, 0.3) is 0 Å². The summed E-state index contributed by atoms with van der Waals surface area (Å²) in [5.74, 6) is -0.0193. The van der Waals surface area contributed by atoms with Gasteiger partial charge in [0.25, 0.3) is 5.91 Å². The van der Waals surface area contributed by atoms with Gasteiger partial charge in [-0.3, -0.25) is 9.59 Å². The Hall–Kier alpha value is -2.35. The van der Waals surface area contributed by atoms with Gasteiger partial charge in [-0.15, -0.1) is 0 Å². The van der Waals surface area contributed by atoms with Gasteiger partial charge in [0.1, 0.15) is 5.54 Å². The molecule has 0 aromatic heterocycles. The molecule has 24 heavy (non-hydrogen) atoms. The van der Waals surface area contributed by atoms with Crippen LogP contribution in [0, 0.1) is 11.3 Å². The summed E-state index contributed by atoms with van der Waals surface area (Å²) >= 11 is 0. The standard InChI is InChI=1S/C19H23N3O2/c1-2-10-21-11-4-8-19(18(21)24)9-5-12-22(19)17(23)16-7-3-6-15(13-16)14-20/h3,6-7,13H,2,4-5,8-12H2,1H3. The molecule has 2 amide bonds. The average molecular weight is 325 g/mol. The van der Waals surface area contributed by atoms with E-state index in [0.717, 1.165) is 45.2 Å². The summed E-state index contributed by atoms with van der Waals surface area (Å²) in [5.41, 5.74) is 0.292. The molecule has 0 saturated carbocycles. The number of amides is 2. The number of carbonyl (C=O) groups is 2. The van der Waals surface area contributed by atoms with E-state index >= 15 is 0 Å². The molecule has 1 spiro atoms. The molecule has 0 N–H and O–H groups in total. The van der Waals surface area contributed by atoms with Crippen molar-refractivity contribution in [2.75, 3.05) is 19.6 Å². The van der Waals surface area contributed by atoms with E-state index in [2.05, 4.69) is 13.0 Å². The van der Waals surface area contributed by atoms with Crippen LogP contribution in [0.3, 0.4) is 0 Å². The lowest BCUT2D eigenvalue weighted by Crippen LogP contribution is -2.61. The van der Waals surface area contributed by atoms with Crippen LogP contribution in [0.1, 0.15) is 54.9 Å². The van der Waals surface area contributed by atoms with Gasteiger partial charge in [0, 0.05) is 25.2 Å². The maximum absolute atomic E-state index is 13.1. The van der Waals surface area contributed by atoms with Crippen molar-refractivity contribution in [3.05, 3.63) is 35.4 Å². The van der Waals surface area contributed by atoms with Crippen LogP contribution in [0.2, 0.25) is 0 Å². The summed E-state index contributed by atoms with van der Waals surface area (Å²) in [7, 11) is 0. The van der Waals surface area contributed by atoms with Gasteiger partial charge in [-0.1, -0.05) is 13.0 Å². The van der Waals surface area contributed by atoms with Crippen molar-refractivity contribution in [3.63, 3.8) is 0 Å². The largest absolute Gasteiger partial charge is 0.341 e. The second-order valence-corrected chi connectivity index (χ2v) is 6.68. The number of benzene rings is 1. The first-order chi connectivity index (χ1) is 11.6. The number of carbonyl (C=O) groups excluding carboxylic acids is 2. The first-order valence-corrected chi connectivity index (χ1v) is 8.74. The number of hydrogen-bond acceptors (Lipinski definition) is 3. The molecule has 126 valence electrons. The minimum Gasteiger partial charge on any atom is -0.341 e. The second-order valence-electron chi connectivity index (χ2n) is 6.68. The maximum Gasteiger partial charge on any atom is 0.254 e. The molecule has 1 atom stereocenters. The third-order valence-corrected chi connectivity index (χ3v) is 5.17. The fraction of sp³-hybridized carbons (Fsp3) is 0.526. The topological polar surface area (TPSA) is 64.4 Å². The number of nitrogens with zero attached hydrogens (tertiary/aromatic N) is 3. The van der Waals surface area contributed by atoms with Crippen molar-refractivity contribution >= 4 is 11.8 Å². The molecular formula is C19H23N3O2. The quantitative estimate of drug-likeness (QED) is 0.858. The van der Waals surface area contributed by atoms with E-state index in [1.165, 1.54) is 0 Å². The number of piperidine rings is 1. The van der Waals surface area contributed by atoms with Crippen LogP contribution >= 0.6 is 0 Å². The summed E-state index contributed by atoms with van der Waals surface area (Å²) in [6.07, 6.45) is 4.22. The molecule has 1 unspecified atom stereocenters. The van der Waals surface area contributed by atoms with Crippen molar-refractivity contribution in [2.24, 2.45) is 0 Å². The Labute approximate surface area is 142 Å². The van der Waals surface area contributed by atoms with Gasteiger partial charge in [0.15, 0.2) is 0 Å². The first kappa shape index (κ1) is 16.5. The summed E-state index contributed by atoms with van der Waals surface area (Å²) in [6.45, 7) is 4.23. The van der Waals surface area contributed by atoms with Gasteiger partial charge in [-0.25, -0.2) is 0 Å². The SMILES string of the molecule is CCCN1CCCC2(CCCN2C(=O)c2cccc(C#N)c2)C1=O. The Morgan fingerprint density at radius 1 is 1.29 bits per heavy atom. The Balaban J connectivity index is 1.90. The van der Waals surface area contributed by atoms with E-state index in [-0.39, 0.29) is 11.8 Å². The van der Waals surface area contributed by atoms with E-state index in [0.29, 0.717) is 17.7 Å². The molecular weight excluding hydrogens is 302 g/mol. The summed E-state index contributed by atoms with van der Waals surface area (Å²) in [5, 5.41) is 9.05. The van der Waals surface area contributed by atoms with Crippen LogP contribution in [-0.4, -0.2) is 46.8 Å². The van der Waals surface area contributed by atoms with Crippen molar-refractivity contribution in [2.45, 2.75) is 44.6 Å². The van der Waals surface area contributed by atoms with Crippen LogP contribution in [0.15, 0.2) is 24.3 Å². The summed E-state index contributed by atoms with van der Waals surface area (Å²) in [4.78, 5) is 29.8. The van der Waals surface area contributed by atoms with Gasteiger partial charge in [-0.05, 0) is 50.3 Å². The molecule has 0 aliphatic carbocycles. The van der Waals surface area contributed by atoms with E-state index in [4.69, 9.17) is 5.26 Å². The molecule has 3 rings (SSSR count). The van der Waals surface area contributed by atoms with Gasteiger partial charge < -0.3 is 9.80 Å². The number of nitriles is 1. The average Bonchev–Trinajstić information content (AvgIpc) is 3.03. The molecule has 5 heteroatoms. The molecule has 1 aromatic rings. The van der Waals surface area contributed by atoms with Crippen LogP contribution < -0.4 is 0 Å². The van der Waals surface area contributed by atoms with Gasteiger partial charge in [0.05, 0.1) is 11.6 Å². The molecule has 0 bridgehead atoms. The third-order valence-electron chi connectivity index (χ3n) is 5.17. The minimum atomic E-state index is -0.673. The zero-order valence-corrected chi connectivity index (χ0v) is 14.1. The fourth-order valence-electron chi connectivity index (χ4n) is 4.08. The molecule has 5 nitrogen and oxygen atoms in total. The van der Waals surface area contributed by atoms with E-state index in [1.54, 1.807) is 29.2 Å². The molecule has 1 aromatic carbocycles. The molecule has 2 fully saturated rings. The Morgan fingerprint density at radius 2 is 2.04 bits per heavy atom. The number of rotatable bonds is 3. The van der Waals surface area contributed by atoms with Crippen molar-refractivity contribution in [1.29, 1.82) is 5.26 Å². The second kappa shape index (κ2) is 6.64. The van der Waals surface area contributed by atoms with Crippen molar-refractivity contribution < 1.29 is 9.59 Å². The molecule has 2 heterocycles. The summed E-state index contributed by atoms with van der Waals surface area (Å²) in [6, 6.07) is 8.82. The predicted molar refractivity (Wildman–Crippen MR) is 90.3 cm³/mol. The highest BCUT2D eigenvalue weighted by atomic mass is 16.2. The van der Waals surface area contributed by atoms with Crippen LogP contribution in [-0.2, 0) is 4.79 Å². The third kappa shape index (κ3) is 2.66. The van der Waals surface area contributed by atoms with Gasteiger partial charge in [0.2, 0.25) is 5.91 Å². The molecule has 2 aliphatic heterocycles. The zero-order valence-electron chi connectivity index (χ0n) is 14.1. The lowest BCUT2D eigenvalue weighted by molar-refractivity contribution is -0.145. The van der Waals surface area contributed by atoms with E-state index in [9.17, 15) is 9.59 Å². The molecule has 0 radical (unpaired) electrons. The maximum atomic E-state index is 13.1. The number of hydrogen-bond donors (Lipinski definition) is 0. The van der Waals surface area contributed by atoms with E-state index in [1.807, 2.05) is 4.90 Å². The molecule has 2 aliphatic rings. The number of likely N-dealkylation sites (tertiary alicyclic amines) is 2. The monoisotopic (exact) mass is 325 g/mol. The normalized spacial score (nSPS) is 23.6.